The van der Waals surface area contributed by atoms with E-state index in [1.807, 2.05) is 0 Å². The van der Waals surface area contributed by atoms with Crippen molar-refractivity contribution in [1.29, 1.82) is 0 Å². The normalized spacial score (nSPS) is 13.6. The largest absolute Gasteiger partial charge is 0.341 e. The third-order valence-electron chi connectivity index (χ3n) is 2.97. The lowest BCUT2D eigenvalue weighted by atomic mass is 10.1. The summed E-state index contributed by atoms with van der Waals surface area (Å²) in [6.45, 7) is 8.39. The van der Waals surface area contributed by atoms with Gasteiger partial charge in [-0.1, -0.05) is 19.9 Å². The van der Waals surface area contributed by atoms with Crippen molar-refractivity contribution in [3.05, 3.63) is 29.1 Å². The molecule has 3 N–H and O–H groups in total. The summed E-state index contributed by atoms with van der Waals surface area (Å²) in [5.41, 5.74) is 10.7. The van der Waals surface area contributed by atoms with E-state index in [4.69, 9.17) is 5.73 Å². The average molecular weight is 217 g/mol. The number of fused-ring (bicyclic) bond motifs is 1. The Balaban J connectivity index is 2.56. The predicted octanol–water partition coefficient (Wildman–Crippen LogP) is 2.84. The van der Waals surface area contributed by atoms with Crippen LogP contribution in [0, 0.1) is 19.8 Å². The number of H-pyrrole nitrogens is 1. The van der Waals surface area contributed by atoms with Gasteiger partial charge in [-0.15, -0.1) is 0 Å². The highest BCUT2D eigenvalue weighted by Crippen LogP contribution is 2.23. The summed E-state index contributed by atoms with van der Waals surface area (Å²) in [6.07, 6.45) is 0. The highest BCUT2D eigenvalue weighted by atomic mass is 15.0. The number of nitrogens with zero attached hydrogens (tertiary/aromatic N) is 1. The smallest absolute Gasteiger partial charge is 0.124 e. The molecule has 1 unspecified atom stereocenters. The molecule has 86 valence electrons. The Hall–Kier alpha value is -1.35. The zero-order chi connectivity index (χ0) is 11.9. The molecule has 0 aliphatic carbocycles. The minimum absolute atomic E-state index is 0.0212. The number of nitrogens with one attached hydrogen (secondary N) is 1. The van der Waals surface area contributed by atoms with E-state index in [0.29, 0.717) is 5.92 Å². The summed E-state index contributed by atoms with van der Waals surface area (Å²) in [7, 11) is 0. The molecule has 1 heterocycles. The van der Waals surface area contributed by atoms with E-state index < -0.39 is 0 Å². The first kappa shape index (κ1) is 11.1. The fourth-order valence-electron chi connectivity index (χ4n) is 1.96. The Morgan fingerprint density at radius 2 is 1.94 bits per heavy atom. The average Bonchev–Trinajstić information content (AvgIpc) is 2.60. The van der Waals surface area contributed by atoms with Gasteiger partial charge in [0.15, 0.2) is 0 Å². The third-order valence-corrected chi connectivity index (χ3v) is 2.97. The Bertz CT molecular complexity index is 511. The number of aromatic nitrogens is 2. The summed E-state index contributed by atoms with van der Waals surface area (Å²) in [5, 5.41) is 0. The van der Waals surface area contributed by atoms with Gasteiger partial charge >= 0.3 is 0 Å². The van der Waals surface area contributed by atoms with Crippen molar-refractivity contribution in [2.24, 2.45) is 11.7 Å². The van der Waals surface area contributed by atoms with Gasteiger partial charge in [0.1, 0.15) is 5.82 Å². The van der Waals surface area contributed by atoms with Gasteiger partial charge < -0.3 is 10.7 Å². The van der Waals surface area contributed by atoms with Crippen molar-refractivity contribution in [3.63, 3.8) is 0 Å². The van der Waals surface area contributed by atoms with Crippen molar-refractivity contribution < 1.29 is 0 Å². The quantitative estimate of drug-likeness (QED) is 0.812. The van der Waals surface area contributed by atoms with Crippen molar-refractivity contribution in [3.8, 4) is 0 Å². The molecule has 1 atom stereocenters. The first-order valence-electron chi connectivity index (χ1n) is 5.71. The Morgan fingerprint density at radius 3 is 2.56 bits per heavy atom. The molecule has 2 aromatic rings. The Morgan fingerprint density at radius 1 is 1.25 bits per heavy atom. The molecule has 0 aliphatic heterocycles. The third kappa shape index (κ3) is 1.83. The predicted molar refractivity (Wildman–Crippen MR) is 67.3 cm³/mol. The van der Waals surface area contributed by atoms with Gasteiger partial charge in [-0.25, -0.2) is 4.98 Å². The molecular weight excluding hydrogens is 198 g/mol. The molecule has 3 nitrogen and oxygen atoms in total. The molecule has 0 saturated carbocycles. The van der Waals surface area contributed by atoms with Crippen LogP contribution in [0.15, 0.2) is 12.1 Å². The molecule has 0 fully saturated rings. The highest BCUT2D eigenvalue weighted by molar-refractivity contribution is 5.79. The van der Waals surface area contributed by atoms with Crippen LogP contribution in [-0.2, 0) is 0 Å². The van der Waals surface area contributed by atoms with Gasteiger partial charge in [0.2, 0.25) is 0 Å². The highest BCUT2D eigenvalue weighted by Gasteiger charge is 2.15. The molecule has 16 heavy (non-hydrogen) atoms. The van der Waals surface area contributed by atoms with Crippen LogP contribution in [0.1, 0.15) is 36.8 Å². The van der Waals surface area contributed by atoms with Crippen molar-refractivity contribution in [2.75, 3.05) is 0 Å². The SMILES string of the molecule is Cc1cc(C)c2nc(C(N)C(C)C)[nH]c2c1. The van der Waals surface area contributed by atoms with E-state index >= 15 is 0 Å². The molecule has 0 bridgehead atoms. The van der Waals surface area contributed by atoms with Gasteiger partial charge in [0.05, 0.1) is 17.1 Å². The van der Waals surface area contributed by atoms with Crippen LogP contribution in [-0.4, -0.2) is 9.97 Å². The van der Waals surface area contributed by atoms with E-state index in [0.717, 1.165) is 16.9 Å². The maximum atomic E-state index is 6.10. The second-order valence-electron chi connectivity index (χ2n) is 4.87. The van der Waals surface area contributed by atoms with Crippen molar-refractivity contribution in [2.45, 2.75) is 33.7 Å². The minimum Gasteiger partial charge on any atom is -0.341 e. The fourth-order valence-corrected chi connectivity index (χ4v) is 1.96. The van der Waals surface area contributed by atoms with Gasteiger partial charge in [-0.05, 0) is 37.0 Å². The number of rotatable bonds is 2. The molecule has 0 spiro atoms. The summed E-state index contributed by atoms with van der Waals surface area (Å²) in [5.74, 6) is 1.28. The van der Waals surface area contributed by atoms with Crippen molar-refractivity contribution in [1.82, 2.24) is 9.97 Å². The number of aryl methyl sites for hydroxylation is 2. The fraction of sp³-hybridized carbons (Fsp3) is 0.462. The first-order chi connectivity index (χ1) is 7.49. The molecule has 0 amide bonds. The molecule has 0 radical (unpaired) electrons. The number of benzene rings is 1. The lowest BCUT2D eigenvalue weighted by Gasteiger charge is -2.11. The van der Waals surface area contributed by atoms with Gasteiger partial charge in [0, 0.05) is 0 Å². The summed E-state index contributed by atoms with van der Waals surface area (Å²) in [6, 6.07) is 4.24. The molecule has 1 aromatic carbocycles. The number of aromatic amines is 1. The second kappa shape index (κ2) is 3.91. The summed E-state index contributed by atoms with van der Waals surface area (Å²) < 4.78 is 0. The van der Waals surface area contributed by atoms with Crippen LogP contribution >= 0.6 is 0 Å². The van der Waals surface area contributed by atoms with Crippen LogP contribution in [0.2, 0.25) is 0 Å². The summed E-state index contributed by atoms with van der Waals surface area (Å²) >= 11 is 0. The van der Waals surface area contributed by atoms with E-state index in [2.05, 4.69) is 49.8 Å². The van der Waals surface area contributed by atoms with E-state index in [1.165, 1.54) is 11.1 Å². The van der Waals surface area contributed by atoms with Crippen LogP contribution in [0.25, 0.3) is 11.0 Å². The standard InChI is InChI=1S/C13H19N3/c1-7(2)11(14)13-15-10-6-8(3)5-9(4)12(10)16-13/h5-7,11H,14H2,1-4H3,(H,15,16). The molecule has 0 saturated heterocycles. The Kier molecular flexibility index (Phi) is 2.72. The molecule has 0 aliphatic rings. The molecule has 3 heteroatoms. The van der Waals surface area contributed by atoms with Crippen LogP contribution in [0.3, 0.4) is 0 Å². The molecule has 1 aromatic heterocycles. The van der Waals surface area contributed by atoms with Gasteiger partial charge in [-0.3, -0.25) is 0 Å². The monoisotopic (exact) mass is 217 g/mol. The number of nitrogens with two attached hydrogens (primary N) is 1. The number of imidazole rings is 1. The zero-order valence-electron chi connectivity index (χ0n) is 10.3. The topological polar surface area (TPSA) is 54.7 Å². The van der Waals surface area contributed by atoms with Gasteiger partial charge in [0.25, 0.3) is 0 Å². The van der Waals surface area contributed by atoms with Crippen molar-refractivity contribution >= 4 is 11.0 Å². The van der Waals surface area contributed by atoms with Crippen LogP contribution < -0.4 is 5.73 Å². The van der Waals surface area contributed by atoms with E-state index in [1.54, 1.807) is 0 Å². The lowest BCUT2D eigenvalue weighted by Crippen LogP contribution is -2.18. The van der Waals surface area contributed by atoms with E-state index in [9.17, 15) is 0 Å². The maximum absolute atomic E-state index is 6.10. The van der Waals surface area contributed by atoms with E-state index in [-0.39, 0.29) is 6.04 Å². The van der Waals surface area contributed by atoms with Gasteiger partial charge in [-0.2, -0.15) is 0 Å². The number of hydrogen-bond donors (Lipinski definition) is 2. The Labute approximate surface area is 96.1 Å². The zero-order valence-corrected chi connectivity index (χ0v) is 10.3. The number of hydrogen-bond acceptors (Lipinski definition) is 2. The molecule has 2 rings (SSSR count). The van der Waals surface area contributed by atoms with Crippen LogP contribution in [0.4, 0.5) is 0 Å². The first-order valence-corrected chi connectivity index (χ1v) is 5.71. The lowest BCUT2D eigenvalue weighted by molar-refractivity contribution is 0.495. The summed E-state index contributed by atoms with van der Waals surface area (Å²) in [4.78, 5) is 7.92. The second-order valence-corrected chi connectivity index (χ2v) is 4.87. The molecular formula is C13H19N3. The maximum Gasteiger partial charge on any atom is 0.124 e. The minimum atomic E-state index is -0.0212. The van der Waals surface area contributed by atoms with Crippen LogP contribution in [0.5, 0.6) is 0 Å².